The Hall–Kier alpha value is -0.610. The molecule has 1 amide bonds. The molecule has 0 aliphatic carbocycles. The molecule has 1 aliphatic rings. The molecule has 0 spiro atoms. The smallest absolute Gasteiger partial charge is 0.234 e. The zero-order valence-electron chi connectivity index (χ0n) is 7.12. The van der Waals surface area contributed by atoms with Crippen molar-refractivity contribution >= 4 is 5.91 Å². The van der Waals surface area contributed by atoms with Crippen LogP contribution in [0.25, 0.3) is 0 Å². The van der Waals surface area contributed by atoms with Crippen LogP contribution in [0.2, 0.25) is 0 Å². The number of nitrogens with two attached hydrogens (primary N) is 1. The van der Waals surface area contributed by atoms with E-state index in [2.05, 4.69) is 5.32 Å². The summed E-state index contributed by atoms with van der Waals surface area (Å²) in [4.78, 5) is 10.8. The van der Waals surface area contributed by atoms with Crippen molar-refractivity contribution in [2.24, 2.45) is 11.7 Å². The summed E-state index contributed by atoms with van der Waals surface area (Å²) in [6.07, 6.45) is 2.59. The Balaban J connectivity index is 2.35. The molecule has 12 heavy (non-hydrogen) atoms. The second-order valence-electron chi connectivity index (χ2n) is 3.31. The maximum atomic E-state index is 10.8. The third kappa shape index (κ3) is 2.46. The van der Waals surface area contributed by atoms with E-state index in [0.29, 0.717) is 5.92 Å². The van der Waals surface area contributed by atoms with Crippen molar-refractivity contribution in [1.82, 2.24) is 5.32 Å². The molecule has 0 aromatic rings. The zero-order valence-corrected chi connectivity index (χ0v) is 7.12. The normalized spacial score (nSPS) is 30.1. The molecule has 1 rings (SSSR count). The Morgan fingerprint density at radius 2 is 2.42 bits per heavy atom. The molecule has 2 unspecified atom stereocenters. The highest BCUT2D eigenvalue weighted by molar-refractivity contribution is 5.79. The van der Waals surface area contributed by atoms with Gasteiger partial charge >= 0.3 is 0 Å². The third-order valence-electron chi connectivity index (χ3n) is 2.39. The lowest BCUT2D eigenvalue weighted by Crippen LogP contribution is -2.46. The van der Waals surface area contributed by atoms with Crippen molar-refractivity contribution in [3.8, 4) is 0 Å². The molecule has 1 aliphatic heterocycles. The van der Waals surface area contributed by atoms with Crippen LogP contribution < -0.4 is 11.1 Å². The molecule has 2 atom stereocenters. The summed E-state index contributed by atoms with van der Waals surface area (Å²) in [7, 11) is 0. The van der Waals surface area contributed by atoms with Gasteiger partial charge in [-0.25, -0.2) is 0 Å². The van der Waals surface area contributed by atoms with E-state index in [0.717, 1.165) is 25.8 Å². The van der Waals surface area contributed by atoms with Gasteiger partial charge in [-0.15, -0.1) is 0 Å². The fourth-order valence-corrected chi connectivity index (χ4v) is 1.66. The predicted octanol–water partition coefficient (Wildman–Crippen LogP) is -0.778. The number of hydrogen-bond acceptors (Lipinski definition) is 3. The monoisotopic (exact) mass is 172 g/mol. The van der Waals surface area contributed by atoms with Crippen molar-refractivity contribution in [2.75, 3.05) is 13.2 Å². The van der Waals surface area contributed by atoms with Gasteiger partial charge in [0.1, 0.15) is 0 Å². The van der Waals surface area contributed by atoms with Gasteiger partial charge in [0.25, 0.3) is 0 Å². The molecule has 0 aromatic heterocycles. The Morgan fingerprint density at radius 1 is 1.67 bits per heavy atom. The molecule has 0 radical (unpaired) electrons. The standard InChI is InChI=1S/C8H16N2O2/c9-8(12)7-5-6(2-4-11)1-3-10-7/h6-7,10-11H,1-5H2,(H2,9,12). The van der Waals surface area contributed by atoms with Crippen LogP contribution in [0.3, 0.4) is 0 Å². The van der Waals surface area contributed by atoms with Crippen LogP contribution in [0, 0.1) is 5.92 Å². The zero-order chi connectivity index (χ0) is 8.97. The Morgan fingerprint density at radius 3 is 3.00 bits per heavy atom. The van der Waals surface area contributed by atoms with E-state index < -0.39 is 0 Å². The average Bonchev–Trinajstić information content (AvgIpc) is 2.05. The van der Waals surface area contributed by atoms with E-state index >= 15 is 0 Å². The number of aliphatic hydroxyl groups excluding tert-OH is 1. The van der Waals surface area contributed by atoms with E-state index in [1.165, 1.54) is 0 Å². The highest BCUT2D eigenvalue weighted by atomic mass is 16.3. The minimum absolute atomic E-state index is 0.185. The summed E-state index contributed by atoms with van der Waals surface area (Å²) in [5, 5.41) is 11.8. The van der Waals surface area contributed by atoms with Crippen molar-refractivity contribution in [3.05, 3.63) is 0 Å². The molecule has 0 aromatic carbocycles. The number of carbonyl (C=O) groups is 1. The minimum atomic E-state index is -0.280. The number of carbonyl (C=O) groups excluding carboxylic acids is 1. The van der Waals surface area contributed by atoms with Crippen LogP contribution in [0.5, 0.6) is 0 Å². The number of primary amides is 1. The summed E-state index contributed by atoms with van der Waals surface area (Å²) in [6.45, 7) is 1.04. The lowest BCUT2D eigenvalue weighted by Gasteiger charge is -2.27. The molecular formula is C8H16N2O2. The van der Waals surface area contributed by atoms with Crippen molar-refractivity contribution < 1.29 is 9.90 Å². The maximum Gasteiger partial charge on any atom is 0.234 e. The summed E-state index contributed by atoms with van der Waals surface area (Å²) in [5.41, 5.74) is 5.16. The van der Waals surface area contributed by atoms with E-state index in [9.17, 15) is 4.79 Å². The summed E-state index contributed by atoms with van der Waals surface area (Å²) >= 11 is 0. The van der Waals surface area contributed by atoms with E-state index in [4.69, 9.17) is 10.8 Å². The first kappa shape index (κ1) is 9.48. The van der Waals surface area contributed by atoms with Gasteiger partial charge in [0.15, 0.2) is 0 Å². The molecule has 4 N–H and O–H groups in total. The molecule has 0 bridgehead atoms. The minimum Gasteiger partial charge on any atom is -0.396 e. The number of amides is 1. The molecule has 0 saturated carbocycles. The van der Waals surface area contributed by atoms with Crippen LogP contribution in [0.4, 0.5) is 0 Å². The summed E-state index contributed by atoms with van der Waals surface area (Å²) in [5.74, 6) is 0.173. The maximum absolute atomic E-state index is 10.8. The summed E-state index contributed by atoms with van der Waals surface area (Å²) in [6, 6.07) is -0.185. The quantitative estimate of drug-likeness (QED) is 0.523. The largest absolute Gasteiger partial charge is 0.396 e. The van der Waals surface area contributed by atoms with Crippen LogP contribution in [-0.2, 0) is 4.79 Å². The van der Waals surface area contributed by atoms with Crippen molar-refractivity contribution in [1.29, 1.82) is 0 Å². The molecule has 70 valence electrons. The van der Waals surface area contributed by atoms with E-state index in [1.807, 2.05) is 0 Å². The first-order valence-electron chi connectivity index (χ1n) is 4.37. The number of rotatable bonds is 3. The topological polar surface area (TPSA) is 75.4 Å². The first-order valence-corrected chi connectivity index (χ1v) is 4.37. The first-order chi connectivity index (χ1) is 5.74. The molecule has 1 saturated heterocycles. The van der Waals surface area contributed by atoms with Crippen LogP contribution in [-0.4, -0.2) is 30.2 Å². The van der Waals surface area contributed by atoms with Crippen molar-refractivity contribution in [2.45, 2.75) is 25.3 Å². The Bertz CT molecular complexity index is 159. The molecule has 4 heteroatoms. The van der Waals surface area contributed by atoms with Crippen molar-refractivity contribution in [3.63, 3.8) is 0 Å². The van der Waals surface area contributed by atoms with Crippen LogP contribution in [0.1, 0.15) is 19.3 Å². The number of aliphatic hydroxyl groups is 1. The van der Waals surface area contributed by atoms with Crippen LogP contribution in [0.15, 0.2) is 0 Å². The number of nitrogens with one attached hydrogen (secondary N) is 1. The van der Waals surface area contributed by atoms with Crippen LogP contribution >= 0.6 is 0 Å². The van der Waals surface area contributed by atoms with Gasteiger partial charge in [-0.1, -0.05) is 0 Å². The Kier molecular flexibility index (Phi) is 3.49. The molecule has 4 nitrogen and oxygen atoms in total. The van der Waals surface area contributed by atoms with Gasteiger partial charge in [0.05, 0.1) is 6.04 Å². The Labute approximate surface area is 72.1 Å². The number of piperidine rings is 1. The second-order valence-corrected chi connectivity index (χ2v) is 3.31. The van der Waals surface area contributed by atoms with Gasteiger partial charge < -0.3 is 16.2 Å². The molecule has 1 heterocycles. The average molecular weight is 172 g/mol. The predicted molar refractivity (Wildman–Crippen MR) is 45.4 cm³/mol. The second kappa shape index (κ2) is 4.42. The highest BCUT2D eigenvalue weighted by Crippen LogP contribution is 2.18. The fourth-order valence-electron chi connectivity index (χ4n) is 1.66. The third-order valence-corrected chi connectivity index (χ3v) is 2.39. The molecular weight excluding hydrogens is 156 g/mol. The lowest BCUT2D eigenvalue weighted by molar-refractivity contribution is -0.120. The van der Waals surface area contributed by atoms with Gasteiger partial charge in [-0.2, -0.15) is 0 Å². The number of hydrogen-bond donors (Lipinski definition) is 3. The van der Waals surface area contributed by atoms with Gasteiger partial charge in [-0.05, 0) is 31.7 Å². The van der Waals surface area contributed by atoms with Gasteiger partial charge in [0, 0.05) is 6.61 Å². The fraction of sp³-hybridized carbons (Fsp3) is 0.875. The van der Waals surface area contributed by atoms with E-state index in [-0.39, 0.29) is 18.6 Å². The van der Waals surface area contributed by atoms with E-state index in [1.54, 1.807) is 0 Å². The SMILES string of the molecule is NC(=O)C1CC(CCO)CCN1. The van der Waals surface area contributed by atoms with Gasteiger partial charge in [-0.3, -0.25) is 4.79 Å². The highest BCUT2D eigenvalue weighted by Gasteiger charge is 2.24. The summed E-state index contributed by atoms with van der Waals surface area (Å²) < 4.78 is 0. The van der Waals surface area contributed by atoms with Gasteiger partial charge in [0.2, 0.25) is 5.91 Å². The molecule has 1 fully saturated rings. The lowest BCUT2D eigenvalue weighted by atomic mass is 9.90.